The van der Waals surface area contributed by atoms with Gasteiger partial charge in [-0.05, 0) is 30.0 Å². The van der Waals surface area contributed by atoms with Crippen LogP contribution in [0.4, 0.5) is 0 Å². The van der Waals surface area contributed by atoms with Gasteiger partial charge in [-0.3, -0.25) is 0 Å². The minimum atomic E-state index is -2.87. The molecule has 1 fully saturated rings. The Morgan fingerprint density at radius 3 is 2.47 bits per heavy atom. The summed E-state index contributed by atoms with van der Waals surface area (Å²) in [6, 6.07) is 7.46. The van der Waals surface area contributed by atoms with Gasteiger partial charge in [-0.25, -0.2) is 8.42 Å². The van der Waals surface area contributed by atoms with Gasteiger partial charge in [-0.1, -0.05) is 12.1 Å². The summed E-state index contributed by atoms with van der Waals surface area (Å²) in [5.41, 5.74) is 0.953. The van der Waals surface area contributed by atoms with Crippen LogP contribution in [0.2, 0.25) is 0 Å². The molecule has 0 bridgehead atoms. The first-order chi connectivity index (χ1) is 8.02. The van der Waals surface area contributed by atoms with Crippen LogP contribution in [-0.2, 0) is 9.84 Å². The first kappa shape index (κ1) is 12.7. The van der Waals surface area contributed by atoms with Gasteiger partial charge in [0.25, 0.3) is 0 Å². The van der Waals surface area contributed by atoms with Crippen molar-refractivity contribution in [2.45, 2.75) is 11.8 Å². The lowest BCUT2D eigenvalue weighted by Crippen LogP contribution is -2.10. The summed E-state index contributed by atoms with van der Waals surface area (Å²) >= 11 is 6.33. The standard InChI is InChI=1S/C12H15ClO3S/c1-16-11-4-2-9(3-5-11)12(13)10-6-7-17(14,15)8-10/h2-5,10,12H,6-8H2,1H3. The molecule has 0 N–H and O–H groups in total. The van der Waals surface area contributed by atoms with Crippen LogP contribution in [0, 0.1) is 5.92 Å². The average Bonchev–Trinajstić information content (AvgIpc) is 2.69. The van der Waals surface area contributed by atoms with Crippen molar-refractivity contribution in [3.05, 3.63) is 29.8 Å². The maximum Gasteiger partial charge on any atom is 0.150 e. The lowest BCUT2D eigenvalue weighted by Gasteiger charge is -2.16. The fraction of sp³-hybridized carbons (Fsp3) is 0.500. The fourth-order valence-corrected chi connectivity index (χ4v) is 4.42. The van der Waals surface area contributed by atoms with Crippen molar-refractivity contribution in [1.82, 2.24) is 0 Å². The number of hydrogen-bond donors (Lipinski definition) is 0. The predicted molar refractivity (Wildman–Crippen MR) is 68.3 cm³/mol. The topological polar surface area (TPSA) is 43.4 Å². The first-order valence-electron chi connectivity index (χ1n) is 5.50. The van der Waals surface area contributed by atoms with E-state index in [4.69, 9.17) is 16.3 Å². The molecule has 1 aromatic rings. The molecule has 2 unspecified atom stereocenters. The molecule has 17 heavy (non-hydrogen) atoms. The molecule has 1 saturated heterocycles. The van der Waals surface area contributed by atoms with E-state index < -0.39 is 9.84 Å². The van der Waals surface area contributed by atoms with Crippen molar-refractivity contribution < 1.29 is 13.2 Å². The lowest BCUT2D eigenvalue weighted by atomic mass is 9.98. The molecule has 1 aliphatic heterocycles. The van der Waals surface area contributed by atoms with Gasteiger partial charge in [-0.15, -0.1) is 11.6 Å². The summed E-state index contributed by atoms with van der Waals surface area (Å²) in [6.45, 7) is 0. The second-order valence-corrected chi connectivity index (χ2v) is 7.04. The van der Waals surface area contributed by atoms with E-state index in [1.54, 1.807) is 7.11 Å². The summed E-state index contributed by atoms with van der Waals surface area (Å²) in [6.07, 6.45) is 0.655. The highest BCUT2D eigenvalue weighted by molar-refractivity contribution is 7.91. The highest BCUT2D eigenvalue weighted by Gasteiger charge is 2.33. The van der Waals surface area contributed by atoms with Crippen molar-refractivity contribution in [1.29, 1.82) is 0 Å². The summed E-state index contributed by atoms with van der Waals surface area (Å²) in [5, 5.41) is -0.238. The lowest BCUT2D eigenvalue weighted by molar-refractivity contribution is 0.414. The van der Waals surface area contributed by atoms with Crippen LogP contribution < -0.4 is 4.74 Å². The Morgan fingerprint density at radius 1 is 1.35 bits per heavy atom. The van der Waals surface area contributed by atoms with Crippen LogP contribution in [0.3, 0.4) is 0 Å². The van der Waals surface area contributed by atoms with Crippen molar-refractivity contribution in [2.24, 2.45) is 5.92 Å². The van der Waals surface area contributed by atoms with Crippen molar-refractivity contribution in [3.8, 4) is 5.75 Å². The third-order valence-corrected chi connectivity index (χ3v) is 5.52. The van der Waals surface area contributed by atoms with E-state index >= 15 is 0 Å². The molecule has 1 aliphatic rings. The summed E-state index contributed by atoms with van der Waals surface area (Å²) < 4.78 is 27.9. The van der Waals surface area contributed by atoms with E-state index in [0.29, 0.717) is 6.42 Å². The zero-order valence-electron chi connectivity index (χ0n) is 9.60. The molecular formula is C12H15ClO3S. The van der Waals surface area contributed by atoms with Crippen LogP contribution >= 0.6 is 11.6 Å². The molecule has 1 aromatic carbocycles. The first-order valence-corrected chi connectivity index (χ1v) is 7.76. The maximum absolute atomic E-state index is 11.4. The van der Waals surface area contributed by atoms with Crippen molar-refractivity contribution in [2.75, 3.05) is 18.6 Å². The number of rotatable bonds is 3. The highest BCUT2D eigenvalue weighted by Crippen LogP contribution is 2.36. The van der Waals surface area contributed by atoms with Gasteiger partial charge in [0, 0.05) is 0 Å². The molecule has 0 radical (unpaired) electrons. The van der Waals surface area contributed by atoms with Gasteiger partial charge >= 0.3 is 0 Å². The number of halogens is 1. The minimum Gasteiger partial charge on any atom is -0.497 e. The van der Waals surface area contributed by atoms with Gasteiger partial charge in [0.1, 0.15) is 5.75 Å². The van der Waals surface area contributed by atoms with E-state index in [9.17, 15) is 8.42 Å². The molecule has 94 valence electrons. The Morgan fingerprint density at radius 2 is 2.00 bits per heavy atom. The molecule has 0 aliphatic carbocycles. The molecule has 2 rings (SSSR count). The Balaban J connectivity index is 2.11. The summed E-state index contributed by atoms with van der Waals surface area (Å²) in [4.78, 5) is 0. The smallest absolute Gasteiger partial charge is 0.150 e. The van der Waals surface area contributed by atoms with Gasteiger partial charge in [0.15, 0.2) is 9.84 Å². The van der Waals surface area contributed by atoms with Crippen molar-refractivity contribution >= 4 is 21.4 Å². The molecule has 5 heteroatoms. The second-order valence-electron chi connectivity index (χ2n) is 4.34. The zero-order chi connectivity index (χ0) is 12.5. The van der Waals surface area contributed by atoms with E-state index in [-0.39, 0.29) is 22.8 Å². The Hall–Kier alpha value is -0.740. The van der Waals surface area contributed by atoms with E-state index in [1.165, 1.54) is 0 Å². The van der Waals surface area contributed by atoms with Crippen LogP contribution in [0.15, 0.2) is 24.3 Å². The number of methoxy groups -OCH3 is 1. The van der Waals surface area contributed by atoms with Crippen LogP contribution in [-0.4, -0.2) is 27.0 Å². The largest absolute Gasteiger partial charge is 0.497 e. The van der Waals surface area contributed by atoms with Gasteiger partial charge < -0.3 is 4.74 Å². The van der Waals surface area contributed by atoms with Crippen LogP contribution in [0.5, 0.6) is 5.75 Å². The van der Waals surface area contributed by atoms with Gasteiger partial charge in [0.05, 0.1) is 24.0 Å². The van der Waals surface area contributed by atoms with E-state index in [2.05, 4.69) is 0 Å². The molecule has 0 spiro atoms. The maximum atomic E-state index is 11.4. The molecule has 2 atom stereocenters. The normalized spacial score (nSPS) is 24.5. The monoisotopic (exact) mass is 274 g/mol. The van der Waals surface area contributed by atoms with Crippen LogP contribution in [0.25, 0.3) is 0 Å². The molecule has 0 amide bonds. The Kier molecular flexibility index (Phi) is 3.64. The molecule has 3 nitrogen and oxygen atoms in total. The predicted octanol–water partition coefficient (Wildman–Crippen LogP) is 2.41. The molecule has 1 heterocycles. The molecule has 0 aromatic heterocycles. The Labute approximate surface area is 107 Å². The zero-order valence-corrected chi connectivity index (χ0v) is 11.2. The quantitative estimate of drug-likeness (QED) is 0.795. The third-order valence-electron chi connectivity index (χ3n) is 3.12. The number of benzene rings is 1. The molecular weight excluding hydrogens is 260 g/mol. The van der Waals surface area contributed by atoms with Crippen molar-refractivity contribution in [3.63, 3.8) is 0 Å². The highest BCUT2D eigenvalue weighted by atomic mass is 35.5. The van der Waals surface area contributed by atoms with Gasteiger partial charge in [-0.2, -0.15) is 0 Å². The number of sulfone groups is 1. The Bertz CT molecular complexity index is 481. The minimum absolute atomic E-state index is 0.0232. The second kappa shape index (κ2) is 4.86. The fourth-order valence-electron chi connectivity index (χ4n) is 2.11. The van der Waals surface area contributed by atoms with Gasteiger partial charge in [0.2, 0.25) is 0 Å². The summed E-state index contributed by atoms with van der Waals surface area (Å²) in [7, 11) is -1.26. The molecule has 0 saturated carbocycles. The average molecular weight is 275 g/mol. The van der Waals surface area contributed by atoms with E-state index in [1.807, 2.05) is 24.3 Å². The number of alkyl halides is 1. The third kappa shape index (κ3) is 2.93. The SMILES string of the molecule is COc1ccc(C(Cl)C2CCS(=O)(=O)C2)cc1. The number of ether oxygens (including phenoxy) is 1. The summed E-state index contributed by atoms with van der Waals surface area (Å²) in [5.74, 6) is 1.26. The van der Waals surface area contributed by atoms with E-state index in [0.717, 1.165) is 11.3 Å². The van der Waals surface area contributed by atoms with Crippen LogP contribution in [0.1, 0.15) is 17.4 Å². The number of hydrogen-bond acceptors (Lipinski definition) is 3.